The Balaban J connectivity index is 1.68. The number of amides is 1. The number of rotatable bonds is 6. The molecule has 6 heteroatoms. The number of nitrogens with one attached hydrogen (secondary N) is 2. The number of thioether (sulfide) groups is 1. The number of carbonyl (C=O) groups excluding carboxylic acids is 1. The van der Waals surface area contributed by atoms with Crippen LogP contribution >= 0.6 is 11.8 Å². The Morgan fingerprint density at radius 1 is 1.00 bits per heavy atom. The van der Waals surface area contributed by atoms with Crippen molar-refractivity contribution < 1.29 is 4.79 Å². The number of carbonyl (C=O) groups is 1. The van der Waals surface area contributed by atoms with Gasteiger partial charge in [-0.15, -0.1) is 11.8 Å². The van der Waals surface area contributed by atoms with Gasteiger partial charge >= 0.3 is 0 Å². The fourth-order valence-electron chi connectivity index (χ4n) is 3.58. The number of hydrogen-bond donors (Lipinski definition) is 2. The van der Waals surface area contributed by atoms with Crippen molar-refractivity contribution in [2.45, 2.75) is 43.8 Å². The second-order valence-electron chi connectivity index (χ2n) is 9.02. The lowest BCUT2D eigenvalue weighted by molar-refractivity contribution is -0.115. The van der Waals surface area contributed by atoms with Gasteiger partial charge in [-0.1, -0.05) is 80.9 Å². The van der Waals surface area contributed by atoms with Crippen LogP contribution in [0.15, 0.2) is 78.0 Å². The summed E-state index contributed by atoms with van der Waals surface area (Å²) in [6.07, 6.45) is 1.84. The summed E-state index contributed by atoms with van der Waals surface area (Å²) in [4.78, 5) is 18.3. The first-order valence-electron chi connectivity index (χ1n) is 10.9. The van der Waals surface area contributed by atoms with Gasteiger partial charge in [0.1, 0.15) is 6.33 Å². The van der Waals surface area contributed by atoms with E-state index >= 15 is 0 Å². The maximum Gasteiger partial charge on any atom is 0.228 e. The predicted molar refractivity (Wildman–Crippen MR) is 136 cm³/mol. The van der Waals surface area contributed by atoms with Gasteiger partial charge in [-0.2, -0.15) is 5.10 Å². The number of hydrogen-bond acceptors (Lipinski definition) is 4. The van der Waals surface area contributed by atoms with Crippen LogP contribution in [0.1, 0.15) is 31.9 Å². The van der Waals surface area contributed by atoms with E-state index in [0.29, 0.717) is 12.2 Å². The third-order valence-electron chi connectivity index (χ3n) is 5.06. The molecule has 0 aliphatic heterocycles. The van der Waals surface area contributed by atoms with Gasteiger partial charge in [0.25, 0.3) is 0 Å². The van der Waals surface area contributed by atoms with Crippen molar-refractivity contribution in [3.05, 3.63) is 84.2 Å². The topological polar surface area (TPSA) is 70.7 Å². The summed E-state index contributed by atoms with van der Waals surface area (Å²) < 4.78 is 0.00962. The summed E-state index contributed by atoms with van der Waals surface area (Å²) in [6, 6.07) is 22.4. The predicted octanol–water partition coefficient (Wildman–Crippen LogP) is 6.52. The first-order chi connectivity index (χ1) is 15.8. The van der Waals surface area contributed by atoms with Crippen LogP contribution in [0.5, 0.6) is 0 Å². The van der Waals surface area contributed by atoms with E-state index in [1.165, 1.54) is 11.9 Å². The molecule has 5 nitrogen and oxygen atoms in total. The van der Waals surface area contributed by atoms with Crippen LogP contribution in [0.2, 0.25) is 0 Å². The second kappa shape index (κ2) is 9.63. The number of benzene rings is 3. The molecule has 1 heterocycles. The van der Waals surface area contributed by atoms with Crippen LogP contribution in [0, 0.1) is 6.92 Å². The Bertz CT molecular complexity index is 1240. The molecule has 2 N–H and O–H groups in total. The zero-order valence-electron chi connectivity index (χ0n) is 19.3. The van der Waals surface area contributed by atoms with Crippen LogP contribution in [0.4, 0.5) is 5.69 Å². The molecule has 3 aromatic carbocycles. The monoisotopic (exact) mass is 456 g/mol. The maximum atomic E-state index is 12.9. The van der Waals surface area contributed by atoms with Gasteiger partial charge < -0.3 is 5.32 Å². The highest BCUT2D eigenvalue weighted by Gasteiger charge is 2.18. The van der Waals surface area contributed by atoms with Crippen LogP contribution < -0.4 is 5.32 Å². The highest BCUT2D eigenvalue weighted by Crippen LogP contribution is 2.40. The standard InChI is InChI=1S/C27H28N4OS/c1-18-9-11-19(12-10-18)15-25(32)30-23-16-20(13-14-24(23)33-27(2,3)4)21-7-5-6-8-22(21)26-28-17-29-31-26/h5-14,16-17H,15H2,1-4H3,(H,30,32)(H,28,29,31). The molecule has 0 saturated carbocycles. The Morgan fingerprint density at radius 3 is 2.39 bits per heavy atom. The third-order valence-corrected chi connectivity index (χ3v) is 6.25. The molecule has 0 fully saturated rings. The van der Waals surface area contributed by atoms with Crippen molar-refractivity contribution in [2.24, 2.45) is 0 Å². The minimum atomic E-state index is -0.0321. The number of anilines is 1. The molecule has 0 unspecified atom stereocenters. The molecular formula is C27H28N4OS. The largest absolute Gasteiger partial charge is 0.325 e. The van der Waals surface area contributed by atoms with E-state index in [1.807, 2.05) is 49.4 Å². The quantitative estimate of drug-likeness (QED) is 0.324. The second-order valence-corrected chi connectivity index (χ2v) is 10.9. The van der Waals surface area contributed by atoms with Crippen molar-refractivity contribution in [3.63, 3.8) is 0 Å². The molecule has 0 radical (unpaired) electrons. The molecule has 1 amide bonds. The highest BCUT2D eigenvalue weighted by molar-refractivity contribution is 8.00. The fraction of sp³-hybridized carbons (Fsp3) is 0.222. The van der Waals surface area contributed by atoms with Crippen LogP contribution in [-0.4, -0.2) is 25.8 Å². The third kappa shape index (κ3) is 5.90. The van der Waals surface area contributed by atoms with Gasteiger partial charge in [0.05, 0.1) is 12.1 Å². The summed E-state index contributed by atoms with van der Waals surface area (Å²) in [7, 11) is 0. The van der Waals surface area contributed by atoms with Gasteiger partial charge in [-0.25, -0.2) is 4.98 Å². The van der Waals surface area contributed by atoms with Gasteiger partial charge in [0.2, 0.25) is 5.91 Å². The SMILES string of the molecule is Cc1ccc(CC(=O)Nc2cc(-c3ccccc3-c3ncn[nH]3)ccc2SC(C)(C)C)cc1. The number of aromatic amines is 1. The van der Waals surface area contributed by atoms with Crippen LogP contribution in [0.25, 0.3) is 22.5 Å². The molecule has 0 aliphatic carbocycles. The van der Waals surface area contributed by atoms with Gasteiger partial charge in [0.15, 0.2) is 5.82 Å². The fourth-order valence-corrected chi connectivity index (χ4v) is 4.59. The molecular weight excluding hydrogens is 428 g/mol. The molecule has 168 valence electrons. The normalized spacial score (nSPS) is 11.4. The van der Waals surface area contributed by atoms with Crippen molar-refractivity contribution in [2.75, 3.05) is 5.32 Å². The van der Waals surface area contributed by atoms with Crippen molar-refractivity contribution in [1.29, 1.82) is 0 Å². The Kier molecular flexibility index (Phi) is 6.65. The van der Waals surface area contributed by atoms with Crippen molar-refractivity contribution in [3.8, 4) is 22.5 Å². The maximum absolute atomic E-state index is 12.9. The van der Waals surface area contributed by atoms with E-state index < -0.39 is 0 Å². The summed E-state index contributed by atoms with van der Waals surface area (Å²) >= 11 is 1.74. The van der Waals surface area contributed by atoms with Gasteiger partial charge in [-0.3, -0.25) is 9.89 Å². The van der Waals surface area contributed by atoms with Crippen molar-refractivity contribution >= 4 is 23.4 Å². The molecule has 0 spiro atoms. The van der Waals surface area contributed by atoms with E-state index in [1.54, 1.807) is 11.8 Å². The van der Waals surface area contributed by atoms with E-state index in [2.05, 4.69) is 65.5 Å². The molecule has 1 aromatic heterocycles. The lowest BCUT2D eigenvalue weighted by Gasteiger charge is -2.21. The van der Waals surface area contributed by atoms with E-state index in [0.717, 1.165) is 32.8 Å². The number of H-pyrrole nitrogens is 1. The number of aryl methyl sites for hydroxylation is 1. The summed E-state index contributed by atoms with van der Waals surface area (Å²) in [5.41, 5.74) is 5.98. The Hall–Kier alpha value is -3.38. The average molecular weight is 457 g/mol. The number of aromatic nitrogens is 3. The summed E-state index contributed by atoms with van der Waals surface area (Å²) in [6.45, 7) is 8.55. The van der Waals surface area contributed by atoms with E-state index in [-0.39, 0.29) is 10.7 Å². The summed E-state index contributed by atoms with van der Waals surface area (Å²) in [5, 5.41) is 10.1. The lowest BCUT2D eigenvalue weighted by Crippen LogP contribution is -2.16. The van der Waals surface area contributed by atoms with Crippen molar-refractivity contribution in [1.82, 2.24) is 15.2 Å². The molecule has 33 heavy (non-hydrogen) atoms. The minimum Gasteiger partial charge on any atom is -0.325 e. The first kappa shape index (κ1) is 22.8. The lowest BCUT2D eigenvalue weighted by atomic mass is 9.98. The van der Waals surface area contributed by atoms with Crippen LogP contribution in [0.3, 0.4) is 0 Å². The van der Waals surface area contributed by atoms with Gasteiger partial charge in [-0.05, 0) is 35.7 Å². The van der Waals surface area contributed by atoms with Gasteiger partial charge in [0, 0.05) is 15.2 Å². The molecule has 4 rings (SSSR count). The molecule has 4 aromatic rings. The molecule has 0 saturated heterocycles. The zero-order valence-corrected chi connectivity index (χ0v) is 20.2. The zero-order chi connectivity index (χ0) is 23.4. The summed E-state index contributed by atoms with van der Waals surface area (Å²) in [5.74, 6) is 0.680. The van der Waals surface area contributed by atoms with Crippen LogP contribution in [-0.2, 0) is 11.2 Å². The molecule has 0 atom stereocenters. The molecule has 0 bridgehead atoms. The minimum absolute atomic E-state index is 0.00962. The Morgan fingerprint density at radius 2 is 1.73 bits per heavy atom. The molecule has 0 aliphatic rings. The van der Waals surface area contributed by atoms with E-state index in [9.17, 15) is 4.79 Å². The number of nitrogens with zero attached hydrogens (tertiary/aromatic N) is 2. The highest BCUT2D eigenvalue weighted by atomic mass is 32.2. The Labute approximate surface area is 199 Å². The van der Waals surface area contributed by atoms with E-state index in [4.69, 9.17) is 0 Å². The first-order valence-corrected chi connectivity index (χ1v) is 11.7. The average Bonchev–Trinajstić information content (AvgIpc) is 3.30. The smallest absolute Gasteiger partial charge is 0.228 e.